The molecule has 1 rings (SSSR count). The van der Waals surface area contributed by atoms with E-state index >= 15 is 0 Å². The number of thioether (sulfide) groups is 1. The number of anilines is 1. The zero-order chi connectivity index (χ0) is 13.6. The first-order valence-corrected chi connectivity index (χ1v) is 5.91. The van der Waals surface area contributed by atoms with E-state index in [0.717, 1.165) is 0 Å². The molecule has 0 saturated heterocycles. The van der Waals surface area contributed by atoms with Crippen molar-refractivity contribution in [1.29, 1.82) is 0 Å². The number of hydrogen-bond donors (Lipinski definition) is 1. The van der Waals surface area contributed by atoms with Gasteiger partial charge in [0, 0.05) is 24.8 Å². The molecule has 0 aliphatic carbocycles. The smallest absolute Gasteiger partial charge is 0.380 e. The van der Waals surface area contributed by atoms with Crippen LogP contribution in [0, 0.1) is 0 Å². The third-order valence-electron chi connectivity index (χ3n) is 2.09. The topological polar surface area (TPSA) is 30.5 Å². The molecular formula is C11H14F3NO2S. The number of ether oxygens (including phenoxy) is 2. The van der Waals surface area contributed by atoms with Crippen LogP contribution in [0.2, 0.25) is 0 Å². The van der Waals surface area contributed by atoms with Crippen LogP contribution in [0.1, 0.15) is 0 Å². The van der Waals surface area contributed by atoms with Crippen LogP contribution in [-0.2, 0) is 9.47 Å². The summed E-state index contributed by atoms with van der Waals surface area (Å²) in [5.41, 5.74) is -3.55. The van der Waals surface area contributed by atoms with E-state index in [1.54, 1.807) is 12.1 Å². The summed E-state index contributed by atoms with van der Waals surface area (Å²) < 4.78 is 46.3. The van der Waals surface area contributed by atoms with Crippen molar-refractivity contribution in [2.45, 2.75) is 16.7 Å². The molecule has 0 aliphatic rings. The molecule has 0 amide bonds. The summed E-state index contributed by atoms with van der Waals surface area (Å²) in [4.78, 5) is 0.156. The van der Waals surface area contributed by atoms with Crippen molar-refractivity contribution in [3.05, 3.63) is 24.3 Å². The van der Waals surface area contributed by atoms with Gasteiger partial charge in [0.2, 0.25) is 0 Å². The predicted octanol–water partition coefficient (Wildman–Crippen LogP) is 3.33. The van der Waals surface area contributed by atoms with Gasteiger partial charge in [-0.25, -0.2) is 0 Å². The van der Waals surface area contributed by atoms with Crippen molar-refractivity contribution >= 4 is 17.4 Å². The van der Waals surface area contributed by atoms with Gasteiger partial charge in [0.25, 0.3) is 0 Å². The highest BCUT2D eigenvalue weighted by atomic mass is 32.2. The molecule has 0 saturated carbocycles. The molecule has 0 radical (unpaired) electrons. The van der Waals surface area contributed by atoms with Crippen LogP contribution in [0.15, 0.2) is 29.2 Å². The Bertz CT molecular complexity index is 352. The van der Waals surface area contributed by atoms with Crippen LogP contribution >= 0.6 is 11.8 Å². The van der Waals surface area contributed by atoms with Crippen LogP contribution < -0.4 is 5.32 Å². The van der Waals surface area contributed by atoms with Crippen LogP contribution in [0.4, 0.5) is 18.9 Å². The van der Waals surface area contributed by atoms with Crippen LogP contribution in [0.25, 0.3) is 0 Å². The van der Waals surface area contributed by atoms with E-state index in [0.29, 0.717) is 12.2 Å². The molecule has 7 heteroatoms. The van der Waals surface area contributed by atoms with E-state index in [1.807, 2.05) is 0 Å². The normalized spacial score (nSPS) is 11.9. The van der Waals surface area contributed by atoms with Gasteiger partial charge >= 0.3 is 5.51 Å². The second-order valence-electron chi connectivity index (χ2n) is 3.35. The summed E-state index contributed by atoms with van der Waals surface area (Å²) in [6.07, 6.45) is -0.394. The molecule has 0 aliphatic heterocycles. The first-order valence-electron chi connectivity index (χ1n) is 5.10. The maximum Gasteiger partial charge on any atom is 0.446 e. The van der Waals surface area contributed by atoms with Gasteiger partial charge in [-0.1, -0.05) is 0 Å². The standard InChI is InChI=1S/C11H14F3NO2S/c1-16-10(17-2)7-15-8-3-5-9(6-4-8)18-11(12,13)14/h3-6,10,15H,7H2,1-2H3. The second kappa shape index (κ2) is 6.86. The number of nitrogens with one attached hydrogen (secondary N) is 1. The molecule has 0 spiro atoms. The number of halogens is 3. The van der Waals surface area contributed by atoms with Gasteiger partial charge in [0.15, 0.2) is 6.29 Å². The molecule has 0 unspecified atom stereocenters. The molecule has 0 aromatic heterocycles. The third kappa shape index (κ3) is 5.61. The fourth-order valence-corrected chi connectivity index (χ4v) is 1.78. The van der Waals surface area contributed by atoms with Gasteiger partial charge in [0.1, 0.15) is 0 Å². The lowest BCUT2D eigenvalue weighted by Crippen LogP contribution is -2.23. The van der Waals surface area contributed by atoms with Gasteiger partial charge in [-0.3, -0.25) is 0 Å². The molecular weight excluding hydrogens is 267 g/mol. The van der Waals surface area contributed by atoms with Gasteiger partial charge in [-0.15, -0.1) is 0 Å². The van der Waals surface area contributed by atoms with E-state index in [-0.39, 0.29) is 16.7 Å². The summed E-state index contributed by atoms with van der Waals surface area (Å²) in [5.74, 6) is 0. The SMILES string of the molecule is COC(CNc1ccc(SC(F)(F)F)cc1)OC. The molecule has 0 fully saturated rings. The van der Waals surface area contributed by atoms with Crippen molar-refractivity contribution in [2.75, 3.05) is 26.1 Å². The summed E-state index contributed by atoms with van der Waals surface area (Å²) in [6, 6.07) is 5.98. The lowest BCUT2D eigenvalue weighted by molar-refractivity contribution is -0.0914. The van der Waals surface area contributed by atoms with E-state index in [2.05, 4.69) is 5.32 Å². The van der Waals surface area contributed by atoms with E-state index in [1.165, 1.54) is 26.4 Å². The minimum absolute atomic E-state index is 0.134. The number of methoxy groups -OCH3 is 2. The van der Waals surface area contributed by atoms with Crippen LogP contribution in [0.3, 0.4) is 0 Å². The molecule has 18 heavy (non-hydrogen) atoms. The van der Waals surface area contributed by atoms with Gasteiger partial charge in [-0.2, -0.15) is 13.2 Å². The monoisotopic (exact) mass is 281 g/mol. The molecule has 3 nitrogen and oxygen atoms in total. The number of rotatable bonds is 6. The highest BCUT2D eigenvalue weighted by Crippen LogP contribution is 2.36. The molecule has 0 atom stereocenters. The lowest BCUT2D eigenvalue weighted by Gasteiger charge is -2.15. The van der Waals surface area contributed by atoms with Gasteiger partial charge in [0.05, 0.1) is 6.54 Å². The van der Waals surface area contributed by atoms with Crippen molar-refractivity contribution in [1.82, 2.24) is 0 Å². The largest absolute Gasteiger partial charge is 0.446 e. The summed E-state index contributed by atoms with van der Waals surface area (Å²) in [7, 11) is 3.03. The average Bonchev–Trinajstić information content (AvgIpc) is 2.30. The summed E-state index contributed by atoms with van der Waals surface area (Å²) in [5, 5.41) is 3.00. The molecule has 102 valence electrons. The zero-order valence-electron chi connectivity index (χ0n) is 9.95. The summed E-state index contributed by atoms with van der Waals surface area (Å²) >= 11 is -0.134. The van der Waals surface area contributed by atoms with E-state index in [9.17, 15) is 13.2 Å². The Hall–Kier alpha value is -0.920. The molecule has 1 aromatic rings. The van der Waals surface area contributed by atoms with Crippen molar-refractivity contribution in [3.8, 4) is 0 Å². The first kappa shape index (κ1) is 15.1. The number of hydrogen-bond acceptors (Lipinski definition) is 4. The molecule has 1 aromatic carbocycles. The predicted molar refractivity (Wildman–Crippen MR) is 64.6 cm³/mol. The Morgan fingerprint density at radius 2 is 1.72 bits per heavy atom. The van der Waals surface area contributed by atoms with E-state index < -0.39 is 11.8 Å². The number of benzene rings is 1. The van der Waals surface area contributed by atoms with Gasteiger partial charge < -0.3 is 14.8 Å². The van der Waals surface area contributed by atoms with Gasteiger partial charge in [-0.05, 0) is 36.0 Å². The van der Waals surface area contributed by atoms with Crippen molar-refractivity contribution in [2.24, 2.45) is 0 Å². The Balaban J connectivity index is 2.50. The Labute approximate surface area is 108 Å². The fourth-order valence-electron chi connectivity index (χ4n) is 1.24. The van der Waals surface area contributed by atoms with E-state index in [4.69, 9.17) is 9.47 Å². The first-order chi connectivity index (χ1) is 8.44. The Morgan fingerprint density at radius 3 is 2.17 bits per heavy atom. The zero-order valence-corrected chi connectivity index (χ0v) is 10.8. The molecule has 0 heterocycles. The highest BCUT2D eigenvalue weighted by molar-refractivity contribution is 8.00. The summed E-state index contributed by atoms with van der Waals surface area (Å²) in [6.45, 7) is 0.415. The maximum atomic E-state index is 12.1. The molecule has 0 bridgehead atoms. The Morgan fingerprint density at radius 1 is 1.17 bits per heavy atom. The average molecular weight is 281 g/mol. The molecule has 1 N–H and O–H groups in total. The highest BCUT2D eigenvalue weighted by Gasteiger charge is 2.28. The number of alkyl halides is 3. The minimum atomic E-state index is -4.26. The third-order valence-corrected chi connectivity index (χ3v) is 2.83. The van der Waals surface area contributed by atoms with Crippen molar-refractivity contribution < 1.29 is 22.6 Å². The van der Waals surface area contributed by atoms with Crippen LogP contribution in [-0.4, -0.2) is 32.6 Å². The lowest BCUT2D eigenvalue weighted by atomic mass is 10.3. The maximum absolute atomic E-state index is 12.1. The minimum Gasteiger partial charge on any atom is -0.380 e. The van der Waals surface area contributed by atoms with Crippen molar-refractivity contribution in [3.63, 3.8) is 0 Å². The fraction of sp³-hybridized carbons (Fsp3) is 0.455. The van der Waals surface area contributed by atoms with Crippen LogP contribution in [0.5, 0.6) is 0 Å². The quantitative estimate of drug-likeness (QED) is 0.640. The second-order valence-corrected chi connectivity index (χ2v) is 4.49. The Kier molecular flexibility index (Phi) is 5.77.